The third kappa shape index (κ3) is 4.17. The Kier molecular flexibility index (Phi) is 5.35. The van der Waals surface area contributed by atoms with Gasteiger partial charge in [-0.2, -0.15) is 0 Å². The van der Waals surface area contributed by atoms with E-state index in [2.05, 4.69) is 0 Å². The second kappa shape index (κ2) is 7.50. The van der Waals surface area contributed by atoms with Crippen molar-refractivity contribution in [3.8, 4) is 0 Å². The van der Waals surface area contributed by atoms with Crippen LogP contribution in [-0.2, 0) is 4.79 Å². The maximum Gasteiger partial charge on any atom is 0.255 e. The van der Waals surface area contributed by atoms with E-state index in [4.69, 9.17) is 11.6 Å². The SMILES string of the molecule is Cc1ccc(Sc2ccc(Cl)cc2)c(C(=O)N2CCN(C)C(=O)C2)c1. The highest BCUT2D eigenvalue weighted by atomic mass is 35.5. The lowest BCUT2D eigenvalue weighted by Gasteiger charge is -2.32. The van der Waals surface area contributed by atoms with Gasteiger partial charge < -0.3 is 9.80 Å². The number of aryl methyl sites for hydroxylation is 1. The fraction of sp³-hybridized carbons (Fsp3) is 0.263. The Morgan fingerprint density at radius 2 is 1.84 bits per heavy atom. The molecule has 0 saturated carbocycles. The van der Waals surface area contributed by atoms with Gasteiger partial charge in [-0.05, 0) is 43.3 Å². The second-order valence-electron chi connectivity index (χ2n) is 6.10. The summed E-state index contributed by atoms with van der Waals surface area (Å²) < 4.78 is 0. The van der Waals surface area contributed by atoms with Gasteiger partial charge in [0.1, 0.15) is 6.54 Å². The Morgan fingerprint density at radius 3 is 2.52 bits per heavy atom. The van der Waals surface area contributed by atoms with Crippen molar-refractivity contribution in [1.82, 2.24) is 9.80 Å². The van der Waals surface area contributed by atoms with Crippen LogP contribution in [0.1, 0.15) is 15.9 Å². The first-order chi connectivity index (χ1) is 11.9. The summed E-state index contributed by atoms with van der Waals surface area (Å²) >= 11 is 7.46. The molecular weight excluding hydrogens is 356 g/mol. The molecule has 1 aliphatic heterocycles. The van der Waals surface area contributed by atoms with Crippen LogP contribution in [0.4, 0.5) is 0 Å². The first-order valence-corrected chi connectivity index (χ1v) is 9.21. The van der Waals surface area contributed by atoms with Crippen LogP contribution in [-0.4, -0.2) is 48.3 Å². The summed E-state index contributed by atoms with van der Waals surface area (Å²) in [6.45, 7) is 3.22. The summed E-state index contributed by atoms with van der Waals surface area (Å²) in [6.07, 6.45) is 0. The van der Waals surface area contributed by atoms with Crippen molar-refractivity contribution in [1.29, 1.82) is 0 Å². The molecule has 0 radical (unpaired) electrons. The molecule has 0 spiro atoms. The molecule has 130 valence electrons. The number of benzene rings is 2. The number of piperazine rings is 1. The normalized spacial score (nSPS) is 14.8. The van der Waals surface area contributed by atoms with Gasteiger partial charge in [-0.25, -0.2) is 0 Å². The Balaban J connectivity index is 1.87. The molecule has 1 heterocycles. The van der Waals surface area contributed by atoms with Crippen molar-refractivity contribution in [2.24, 2.45) is 0 Å². The Labute approximate surface area is 156 Å². The number of halogens is 1. The van der Waals surface area contributed by atoms with Gasteiger partial charge in [-0.15, -0.1) is 0 Å². The third-order valence-corrected chi connectivity index (χ3v) is 5.49. The standard InChI is InChI=1S/C19H19ClN2O2S/c1-13-3-8-17(25-15-6-4-14(20)5-7-15)16(11-13)19(24)22-10-9-21(2)18(23)12-22/h3-8,11H,9-10,12H2,1-2H3. The predicted octanol–water partition coefficient (Wildman–Crippen LogP) is 3.71. The smallest absolute Gasteiger partial charge is 0.255 e. The van der Waals surface area contributed by atoms with Gasteiger partial charge in [0.2, 0.25) is 5.91 Å². The molecule has 1 aliphatic rings. The Morgan fingerprint density at radius 1 is 1.12 bits per heavy atom. The van der Waals surface area contributed by atoms with Crippen LogP contribution in [0.15, 0.2) is 52.3 Å². The first kappa shape index (κ1) is 17.8. The number of nitrogens with zero attached hydrogens (tertiary/aromatic N) is 2. The van der Waals surface area contributed by atoms with E-state index in [-0.39, 0.29) is 18.4 Å². The number of hydrogen-bond acceptors (Lipinski definition) is 3. The third-order valence-electron chi connectivity index (χ3n) is 4.15. The van der Waals surface area contributed by atoms with Gasteiger partial charge in [-0.1, -0.05) is 35.0 Å². The van der Waals surface area contributed by atoms with Gasteiger partial charge in [0.05, 0.1) is 5.56 Å². The monoisotopic (exact) mass is 374 g/mol. The van der Waals surface area contributed by atoms with Crippen molar-refractivity contribution in [2.45, 2.75) is 16.7 Å². The molecule has 0 unspecified atom stereocenters. The van der Waals surface area contributed by atoms with E-state index >= 15 is 0 Å². The zero-order chi connectivity index (χ0) is 18.0. The number of hydrogen-bond donors (Lipinski definition) is 0. The van der Waals surface area contributed by atoms with Crippen molar-refractivity contribution >= 4 is 35.2 Å². The van der Waals surface area contributed by atoms with Crippen LogP contribution in [0, 0.1) is 6.92 Å². The van der Waals surface area contributed by atoms with Crippen molar-refractivity contribution in [2.75, 3.05) is 26.7 Å². The van der Waals surface area contributed by atoms with E-state index in [1.54, 1.807) is 16.8 Å². The van der Waals surface area contributed by atoms with Gasteiger partial charge in [0.25, 0.3) is 5.91 Å². The molecule has 3 rings (SSSR count). The van der Waals surface area contributed by atoms with Crippen LogP contribution in [0.25, 0.3) is 0 Å². The molecule has 6 heteroatoms. The average molecular weight is 375 g/mol. The fourth-order valence-electron chi connectivity index (χ4n) is 2.63. The van der Waals surface area contributed by atoms with Crippen LogP contribution in [0.3, 0.4) is 0 Å². The molecule has 0 bridgehead atoms. The molecule has 2 amide bonds. The Bertz CT molecular complexity index is 808. The molecule has 0 aromatic heterocycles. The highest BCUT2D eigenvalue weighted by Crippen LogP contribution is 2.32. The predicted molar refractivity (Wildman–Crippen MR) is 100 cm³/mol. The number of rotatable bonds is 3. The molecule has 0 aliphatic carbocycles. The van der Waals surface area contributed by atoms with Crippen LogP contribution >= 0.6 is 23.4 Å². The van der Waals surface area contributed by atoms with Crippen LogP contribution in [0.2, 0.25) is 5.02 Å². The lowest BCUT2D eigenvalue weighted by molar-refractivity contribution is -0.133. The average Bonchev–Trinajstić information content (AvgIpc) is 2.60. The van der Waals surface area contributed by atoms with Crippen molar-refractivity contribution in [3.05, 3.63) is 58.6 Å². The summed E-state index contributed by atoms with van der Waals surface area (Å²) in [7, 11) is 1.76. The van der Waals surface area contributed by atoms with E-state index in [1.165, 1.54) is 11.8 Å². The summed E-state index contributed by atoms with van der Waals surface area (Å²) in [5, 5.41) is 0.681. The minimum absolute atomic E-state index is 0.0286. The van der Waals surface area contributed by atoms with E-state index in [0.717, 1.165) is 15.4 Å². The van der Waals surface area contributed by atoms with Gasteiger partial charge in [0, 0.05) is 35.0 Å². The number of amides is 2. The molecule has 0 atom stereocenters. The van der Waals surface area contributed by atoms with Gasteiger partial charge in [0.15, 0.2) is 0 Å². The zero-order valence-electron chi connectivity index (χ0n) is 14.2. The van der Waals surface area contributed by atoms with Gasteiger partial charge >= 0.3 is 0 Å². The minimum atomic E-state index is -0.0957. The highest BCUT2D eigenvalue weighted by molar-refractivity contribution is 7.99. The lowest BCUT2D eigenvalue weighted by Crippen LogP contribution is -2.50. The van der Waals surface area contributed by atoms with Crippen LogP contribution in [0.5, 0.6) is 0 Å². The largest absolute Gasteiger partial charge is 0.342 e. The van der Waals surface area contributed by atoms with E-state index < -0.39 is 0 Å². The van der Waals surface area contributed by atoms with Crippen molar-refractivity contribution in [3.63, 3.8) is 0 Å². The van der Waals surface area contributed by atoms with E-state index in [1.807, 2.05) is 49.4 Å². The summed E-state index contributed by atoms with van der Waals surface area (Å²) in [4.78, 5) is 30.1. The molecule has 4 nitrogen and oxygen atoms in total. The first-order valence-electron chi connectivity index (χ1n) is 8.01. The molecule has 25 heavy (non-hydrogen) atoms. The van der Waals surface area contributed by atoms with Crippen molar-refractivity contribution < 1.29 is 9.59 Å². The summed E-state index contributed by atoms with van der Waals surface area (Å²) in [6, 6.07) is 13.4. The quantitative estimate of drug-likeness (QED) is 0.822. The molecule has 2 aromatic carbocycles. The number of carbonyl (C=O) groups is 2. The maximum absolute atomic E-state index is 13.0. The van der Waals surface area contributed by atoms with Crippen LogP contribution < -0.4 is 0 Å². The summed E-state index contributed by atoms with van der Waals surface area (Å²) in [5.74, 6) is -0.124. The van der Waals surface area contributed by atoms with E-state index in [9.17, 15) is 9.59 Å². The second-order valence-corrected chi connectivity index (χ2v) is 7.65. The molecule has 0 N–H and O–H groups in total. The fourth-order valence-corrected chi connectivity index (χ4v) is 3.68. The Hall–Kier alpha value is -1.98. The minimum Gasteiger partial charge on any atom is -0.342 e. The maximum atomic E-state index is 13.0. The number of likely N-dealkylation sites (N-methyl/N-ethyl adjacent to an activating group) is 1. The van der Waals surface area contributed by atoms with Gasteiger partial charge in [-0.3, -0.25) is 9.59 Å². The molecular formula is C19H19ClN2O2S. The lowest BCUT2D eigenvalue weighted by atomic mass is 10.1. The molecule has 1 fully saturated rings. The topological polar surface area (TPSA) is 40.6 Å². The zero-order valence-corrected chi connectivity index (χ0v) is 15.7. The highest BCUT2D eigenvalue weighted by Gasteiger charge is 2.27. The molecule has 2 aromatic rings. The molecule has 1 saturated heterocycles. The van der Waals surface area contributed by atoms with E-state index in [0.29, 0.717) is 23.7 Å². The summed E-state index contributed by atoms with van der Waals surface area (Å²) in [5.41, 5.74) is 1.65. The number of carbonyl (C=O) groups excluding carboxylic acids is 2.